The number of anilines is 1. The average Bonchev–Trinajstić information content (AvgIpc) is 3.05. The van der Waals surface area contributed by atoms with Crippen molar-refractivity contribution in [2.24, 2.45) is 0 Å². The largest absolute Gasteiger partial charge is 0.447 e. The molecule has 7 heteroatoms. The quantitative estimate of drug-likeness (QED) is 0.795. The highest BCUT2D eigenvalue weighted by molar-refractivity contribution is 7.99. The van der Waals surface area contributed by atoms with Crippen LogP contribution in [0.5, 0.6) is 0 Å². The highest BCUT2D eigenvalue weighted by Gasteiger charge is 2.52. The molecule has 1 aliphatic rings. The highest BCUT2D eigenvalue weighted by Crippen LogP contribution is 2.40. The van der Waals surface area contributed by atoms with Crippen molar-refractivity contribution in [3.8, 4) is 11.3 Å². The van der Waals surface area contributed by atoms with Crippen molar-refractivity contribution in [2.75, 3.05) is 29.5 Å². The lowest BCUT2D eigenvalue weighted by atomic mass is 9.93. The lowest BCUT2D eigenvalue weighted by Gasteiger charge is -2.28. The Labute approximate surface area is 143 Å². The molecule has 24 heavy (non-hydrogen) atoms. The summed E-state index contributed by atoms with van der Waals surface area (Å²) in [7, 11) is 0. The topological polar surface area (TPSA) is 29.3 Å². The van der Waals surface area contributed by atoms with E-state index in [1.807, 2.05) is 36.0 Å². The Morgan fingerprint density at radius 1 is 1.08 bits per heavy atom. The predicted molar refractivity (Wildman–Crippen MR) is 90.6 cm³/mol. The van der Waals surface area contributed by atoms with Crippen molar-refractivity contribution in [2.45, 2.75) is 25.4 Å². The Kier molecular flexibility index (Phi) is 4.55. The Morgan fingerprint density at radius 3 is 2.29 bits per heavy atom. The van der Waals surface area contributed by atoms with E-state index in [0.29, 0.717) is 5.69 Å². The van der Waals surface area contributed by atoms with Gasteiger partial charge >= 0.3 is 6.18 Å². The minimum absolute atomic E-state index is 0.317. The Morgan fingerprint density at radius 2 is 1.71 bits per heavy atom. The minimum Gasteiger partial charge on any atom is -0.447 e. The van der Waals surface area contributed by atoms with Crippen LogP contribution in [0, 0.1) is 0 Å². The van der Waals surface area contributed by atoms with Crippen molar-refractivity contribution in [1.29, 1.82) is 0 Å². The summed E-state index contributed by atoms with van der Waals surface area (Å²) in [4.78, 5) is 6.36. The zero-order valence-electron chi connectivity index (χ0n) is 13.6. The van der Waals surface area contributed by atoms with E-state index in [4.69, 9.17) is 4.42 Å². The highest BCUT2D eigenvalue weighted by atomic mass is 32.2. The van der Waals surface area contributed by atoms with E-state index in [1.165, 1.54) is 6.26 Å². The molecule has 3 rings (SSSR count). The fourth-order valence-corrected chi connectivity index (χ4v) is 3.38. The molecule has 1 saturated heterocycles. The van der Waals surface area contributed by atoms with Crippen LogP contribution in [0.4, 0.5) is 18.9 Å². The van der Waals surface area contributed by atoms with Crippen LogP contribution in [0.2, 0.25) is 0 Å². The molecule has 1 fully saturated rings. The van der Waals surface area contributed by atoms with Gasteiger partial charge in [-0.05, 0) is 26.0 Å². The van der Waals surface area contributed by atoms with Gasteiger partial charge in [0.15, 0.2) is 0 Å². The van der Waals surface area contributed by atoms with Crippen LogP contribution in [-0.4, -0.2) is 35.8 Å². The van der Waals surface area contributed by atoms with Gasteiger partial charge in [0.05, 0.1) is 0 Å². The summed E-state index contributed by atoms with van der Waals surface area (Å²) in [5, 5.41) is 0. The van der Waals surface area contributed by atoms with Crippen LogP contribution >= 0.6 is 11.8 Å². The average molecular weight is 356 g/mol. The number of hydrogen-bond acceptors (Lipinski definition) is 4. The van der Waals surface area contributed by atoms with Crippen molar-refractivity contribution in [3.63, 3.8) is 0 Å². The van der Waals surface area contributed by atoms with Gasteiger partial charge in [-0.1, -0.05) is 12.1 Å². The normalized spacial score (nSPS) is 16.5. The number of aromatic nitrogens is 1. The molecule has 0 spiro atoms. The van der Waals surface area contributed by atoms with Crippen LogP contribution in [-0.2, 0) is 5.41 Å². The van der Waals surface area contributed by atoms with Gasteiger partial charge in [0.1, 0.15) is 17.4 Å². The maximum atomic E-state index is 13.1. The molecule has 3 nitrogen and oxygen atoms in total. The van der Waals surface area contributed by atoms with Crippen LogP contribution in [0.25, 0.3) is 11.3 Å². The number of benzene rings is 1. The summed E-state index contributed by atoms with van der Waals surface area (Å²) in [6.07, 6.45) is -3.12. The van der Waals surface area contributed by atoms with Gasteiger partial charge in [-0.15, -0.1) is 0 Å². The Balaban J connectivity index is 1.80. The molecule has 0 saturated carbocycles. The lowest BCUT2D eigenvalue weighted by molar-refractivity contribution is -0.185. The first kappa shape index (κ1) is 17.2. The lowest BCUT2D eigenvalue weighted by Crippen LogP contribution is -2.36. The molecule has 2 heterocycles. The van der Waals surface area contributed by atoms with Gasteiger partial charge in [0.25, 0.3) is 0 Å². The zero-order valence-corrected chi connectivity index (χ0v) is 14.4. The molecule has 130 valence electrons. The summed E-state index contributed by atoms with van der Waals surface area (Å²) in [5.74, 6) is 1.91. The molecule has 0 atom stereocenters. The minimum atomic E-state index is -4.41. The number of thioether (sulfide) groups is 1. The number of oxazole rings is 1. The second-order valence-electron chi connectivity index (χ2n) is 6.31. The summed E-state index contributed by atoms with van der Waals surface area (Å²) in [5.41, 5.74) is 0.177. The van der Waals surface area contributed by atoms with Crippen LogP contribution in [0.1, 0.15) is 19.7 Å². The second-order valence-corrected chi connectivity index (χ2v) is 7.53. The Hall–Kier alpha value is -1.63. The van der Waals surface area contributed by atoms with Crippen molar-refractivity contribution >= 4 is 17.4 Å². The van der Waals surface area contributed by atoms with Crippen molar-refractivity contribution in [3.05, 3.63) is 36.4 Å². The monoisotopic (exact) mass is 356 g/mol. The number of nitrogens with zero attached hydrogens (tertiary/aromatic N) is 2. The van der Waals surface area contributed by atoms with E-state index in [0.717, 1.165) is 49.7 Å². The second kappa shape index (κ2) is 6.35. The maximum absolute atomic E-state index is 13.1. The van der Waals surface area contributed by atoms with E-state index in [-0.39, 0.29) is 5.89 Å². The fraction of sp³-hybridized carbons (Fsp3) is 0.471. The van der Waals surface area contributed by atoms with Gasteiger partial charge < -0.3 is 9.32 Å². The molecule has 0 radical (unpaired) electrons. The summed E-state index contributed by atoms with van der Waals surface area (Å²) >= 11 is 1.94. The summed E-state index contributed by atoms with van der Waals surface area (Å²) in [6, 6.07) is 7.71. The zero-order chi connectivity index (χ0) is 17.4. The van der Waals surface area contributed by atoms with E-state index in [2.05, 4.69) is 9.88 Å². The number of halogens is 3. The first-order valence-electron chi connectivity index (χ1n) is 7.75. The third-order valence-corrected chi connectivity index (χ3v) is 5.23. The fourth-order valence-electron chi connectivity index (χ4n) is 2.48. The van der Waals surface area contributed by atoms with Gasteiger partial charge in [0.2, 0.25) is 5.89 Å². The third-order valence-electron chi connectivity index (χ3n) is 4.29. The molecule has 2 aromatic rings. The number of alkyl halides is 3. The first-order chi connectivity index (χ1) is 11.3. The molecule has 0 amide bonds. The molecule has 0 N–H and O–H groups in total. The molecule has 1 aliphatic heterocycles. The molecule has 0 unspecified atom stereocenters. The van der Waals surface area contributed by atoms with Crippen LogP contribution in [0.3, 0.4) is 0 Å². The molecule has 0 aliphatic carbocycles. The van der Waals surface area contributed by atoms with Crippen molar-refractivity contribution < 1.29 is 17.6 Å². The van der Waals surface area contributed by atoms with E-state index < -0.39 is 11.6 Å². The molecule has 1 aromatic carbocycles. The standard InChI is InChI=1S/C17H19F3N2OS/c1-16(2,17(18,19)20)15-21-14(11-23-15)12-3-5-13(6-4-12)22-7-9-24-10-8-22/h3-6,11H,7-10H2,1-2H3. The molecule has 0 bridgehead atoms. The SMILES string of the molecule is CC(C)(c1nc(-c2ccc(N3CCSCC3)cc2)co1)C(F)(F)F. The molecular formula is C17H19F3N2OS. The maximum Gasteiger partial charge on any atom is 0.402 e. The van der Waals surface area contributed by atoms with Gasteiger partial charge in [0, 0.05) is 35.8 Å². The van der Waals surface area contributed by atoms with Crippen molar-refractivity contribution in [1.82, 2.24) is 4.98 Å². The van der Waals surface area contributed by atoms with E-state index in [1.54, 1.807) is 0 Å². The van der Waals surface area contributed by atoms with Gasteiger partial charge in [-0.25, -0.2) is 4.98 Å². The Bertz CT molecular complexity index is 689. The van der Waals surface area contributed by atoms with E-state index in [9.17, 15) is 13.2 Å². The third kappa shape index (κ3) is 3.27. The van der Waals surface area contributed by atoms with Crippen LogP contribution in [0.15, 0.2) is 34.9 Å². The van der Waals surface area contributed by atoms with Gasteiger partial charge in [-0.2, -0.15) is 24.9 Å². The predicted octanol–water partition coefficient (Wildman–Crippen LogP) is 4.73. The molecule has 1 aromatic heterocycles. The number of hydrogen-bond donors (Lipinski definition) is 0. The summed E-state index contributed by atoms with van der Waals surface area (Å²) in [6.45, 7) is 4.16. The first-order valence-corrected chi connectivity index (χ1v) is 8.90. The van der Waals surface area contributed by atoms with Gasteiger partial charge in [-0.3, -0.25) is 0 Å². The smallest absolute Gasteiger partial charge is 0.402 e. The van der Waals surface area contributed by atoms with E-state index >= 15 is 0 Å². The summed E-state index contributed by atoms with van der Waals surface area (Å²) < 4.78 is 44.4. The van der Waals surface area contributed by atoms with Crippen LogP contribution < -0.4 is 4.90 Å². The molecular weight excluding hydrogens is 337 g/mol. The number of rotatable bonds is 3.